The summed E-state index contributed by atoms with van der Waals surface area (Å²) in [6.07, 6.45) is 0. The van der Waals surface area contributed by atoms with Crippen molar-refractivity contribution in [3.8, 4) is 0 Å². The maximum absolute atomic E-state index is 11.1. The average molecular weight is 241 g/mol. The highest BCUT2D eigenvalue weighted by atomic mass is 35.5. The molecule has 0 aliphatic rings. The fourth-order valence-electron chi connectivity index (χ4n) is 0.921. The molecule has 1 N–H and O–H groups in total. The molecule has 6 heteroatoms. The summed E-state index contributed by atoms with van der Waals surface area (Å²) in [6, 6.07) is 0. The Morgan fingerprint density at radius 3 is 2.36 bits per heavy atom. The number of likely N-dealkylation sites (N-methyl/N-ethyl adjacent to an activating group) is 1. The van der Waals surface area contributed by atoms with Gasteiger partial charge in [-0.3, -0.25) is 9.59 Å². The second-order valence-corrected chi connectivity index (χ2v) is 3.13. The van der Waals surface area contributed by atoms with Gasteiger partial charge in [0.15, 0.2) is 0 Å². The van der Waals surface area contributed by atoms with E-state index >= 15 is 0 Å². The van der Waals surface area contributed by atoms with Gasteiger partial charge in [-0.15, -0.1) is 23.2 Å². The zero-order chi connectivity index (χ0) is 11.0. The molecular weight excluding hydrogens is 227 g/mol. The quantitative estimate of drug-likeness (QED) is 0.685. The number of halogens is 2. The third-order valence-electron chi connectivity index (χ3n) is 1.67. The lowest BCUT2D eigenvalue weighted by molar-refractivity contribution is -0.128. The van der Waals surface area contributed by atoms with Gasteiger partial charge in [-0.2, -0.15) is 0 Å². The van der Waals surface area contributed by atoms with E-state index in [9.17, 15) is 9.59 Å². The smallest absolute Gasteiger partial charge is 0.237 e. The van der Waals surface area contributed by atoms with Crippen molar-refractivity contribution in [2.45, 2.75) is 6.92 Å². The van der Waals surface area contributed by atoms with Gasteiger partial charge in [0, 0.05) is 19.6 Å². The van der Waals surface area contributed by atoms with E-state index < -0.39 is 0 Å². The van der Waals surface area contributed by atoms with Gasteiger partial charge in [-0.05, 0) is 6.92 Å². The van der Waals surface area contributed by atoms with Crippen LogP contribution in [0.4, 0.5) is 0 Å². The van der Waals surface area contributed by atoms with Crippen molar-refractivity contribution in [2.24, 2.45) is 0 Å². The fraction of sp³-hybridized carbons (Fsp3) is 0.750. The van der Waals surface area contributed by atoms with E-state index in [0.717, 1.165) is 0 Å². The third-order valence-corrected chi connectivity index (χ3v) is 2.15. The summed E-state index contributed by atoms with van der Waals surface area (Å²) in [5.74, 6) is -0.456. The zero-order valence-electron chi connectivity index (χ0n) is 8.06. The molecule has 0 spiro atoms. The number of alkyl halides is 2. The largest absolute Gasteiger partial charge is 0.353 e. The number of nitrogens with zero attached hydrogens (tertiary/aromatic N) is 1. The molecule has 0 rings (SSSR count). The monoisotopic (exact) mass is 240 g/mol. The highest BCUT2D eigenvalue weighted by molar-refractivity contribution is 6.27. The number of nitrogens with one attached hydrogen (secondary N) is 1. The van der Waals surface area contributed by atoms with Crippen LogP contribution in [0.2, 0.25) is 0 Å². The highest BCUT2D eigenvalue weighted by Crippen LogP contribution is 1.91. The van der Waals surface area contributed by atoms with Crippen LogP contribution < -0.4 is 5.32 Å². The van der Waals surface area contributed by atoms with Crippen LogP contribution in [0.1, 0.15) is 6.92 Å². The third kappa shape index (κ3) is 5.29. The van der Waals surface area contributed by atoms with Gasteiger partial charge >= 0.3 is 0 Å². The average Bonchev–Trinajstić information content (AvgIpc) is 2.22. The Hall–Kier alpha value is -0.480. The first kappa shape index (κ1) is 13.5. The molecule has 4 nitrogen and oxygen atoms in total. The lowest BCUT2D eigenvalue weighted by atomic mass is 10.4. The molecule has 0 atom stereocenters. The predicted molar refractivity (Wildman–Crippen MR) is 56.7 cm³/mol. The second-order valence-electron chi connectivity index (χ2n) is 2.59. The van der Waals surface area contributed by atoms with Crippen molar-refractivity contribution in [3.63, 3.8) is 0 Å². The van der Waals surface area contributed by atoms with E-state index in [-0.39, 0.29) is 23.6 Å². The SMILES string of the molecule is CCN(CCNC(=O)CCl)C(=O)CCl. The molecule has 0 saturated heterocycles. The Labute approximate surface area is 93.5 Å². The van der Waals surface area contributed by atoms with Gasteiger partial charge in [0.2, 0.25) is 11.8 Å². The standard InChI is InChI=1S/C8H14Cl2N2O2/c1-2-12(8(14)6-10)4-3-11-7(13)5-9/h2-6H2,1H3,(H,11,13). The molecule has 0 fully saturated rings. The van der Waals surface area contributed by atoms with Crippen LogP contribution in [0, 0.1) is 0 Å². The van der Waals surface area contributed by atoms with E-state index in [4.69, 9.17) is 23.2 Å². The van der Waals surface area contributed by atoms with Gasteiger partial charge < -0.3 is 10.2 Å². The van der Waals surface area contributed by atoms with E-state index in [1.807, 2.05) is 6.92 Å². The number of hydrogen-bond acceptors (Lipinski definition) is 2. The molecule has 0 aliphatic carbocycles. The fourth-order valence-corrected chi connectivity index (χ4v) is 1.18. The lowest BCUT2D eigenvalue weighted by Gasteiger charge is -2.19. The van der Waals surface area contributed by atoms with Crippen LogP contribution >= 0.6 is 23.2 Å². The Morgan fingerprint density at radius 1 is 1.29 bits per heavy atom. The number of rotatable bonds is 6. The van der Waals surface area contributed by atoms with Crippen molar-refractivity contribution < 1.29 is 9.59 Å². The maximum Gasteiger partial charge on any atom is 0.237 e. The van der Waals surface area contributed by atoms with E-state index in [0.29, 0.717) is 19.6 Å². The first-order chi connectivity index (χ1) is 6.65. The molecule has 0 heterocycles. The molecule has 0 bridgehead atoms. The van der Waals surface area contributed by atoms with Crippen LogP contribution in [0.25, 0.3) is 0 Å². The topological polar surface area (TPSA) is 49.4 Å². The van der Waals surface area contributed by atoms with Crippen LogP contribution in [0.5, 0.6) is 0 Å². The maximum atomic E-state index is 11.1. The Balaban J connectivity index is 3.73. The first-order valence-corrected chi connectivity index (χ1v) is 5.39. The molecule has 0 aliphatic heterocycles. The summed E-state index contributed by atoms with van der Waals surface area (Å²) in [4.78, 5) is 23.5. The minimum Gasteiger partial charge on any atom is -0.353 e. The Kier molecular flexibility index (Phi) is 7.61. The molecule has 14 heavy (non-hydrogen) atoms. The Bertz CT molecular complexity index is 200. The molecule has 0 unspecified atom stereocenters. The molecule has 2 amide bonds. The van der Waals surface area contributed by atoms with Gasteiger partial charge in [-0.1, -0.05) is 0 Å². The summed E-state index contributed by atoms with van der Waals surface area (Å²) >= 11 is 10.7. The van der Waals surface area contributed by atoms with E-state index in [2.05, 4.69) is 5.32 Å². The number of carbonyl (C=O) groups excluding carboxylic acids is 2. The minimum absolute atomic E-state index is 0.0305. The number of amides is 2. The molecular formula is C8H14Cl2N2O2. The molecule has 82 valence electrons. The summed E-state index contributed by atoms with van der Waals surface area (Å²) < 4.78 is 0. The summed E-state index contributed by atoms with van der Waals surface area (Å²) in [5, 5.41) is 2.57. The lowest BCUT2D eigenvalue weighted by Crippen LogP contribution is -2.39. The second kappa shape index (κ2) is 7.88. The van der Waals surface area contributed by atoms with Gasteiger partial charge in [-0.25, -0.2) is 0 Å². The van der Waals surface area contributed by atoms with E-state index in [1.165, 1.54) is 0 Å². The molecule has 0 radical (unpaired) electrons. The number of hydrogen-bond donors (Lipinski definition) is 1. The van der Waals surface area contributed by atoms with Crippen molar-refractivity contribution in [1.29, 1.82) is 0 Å². The summed E-state index contributed by atoms with van der Waals surface area (Å²) in [7, 11) is 0. The Morgan fingerprint density at radius 2 is 1.93 bits per heavy atom. The van der Waals surface area contributed by atoms with Crippen LogP contribution in [-0.2, 0) is 9.59 Å². The predicted octanol–water partition coefficient (Wildman–Crippen LogP) is 0.429. The van der Waals surface area contributed by atoms with Crippen molar-refractivity contribution in [1.82, 2.24) is 10.2 Å². The highest BCUT2D eigenvalue weighted by Gasteiger charge is 2.09. The summed E-state index contributed by atoms with van der Waals surface area (Å²) in [5.41, 5.74) is 0. The van der Waals surface area contributed by atoms with Gasteiger partial charge in [0.25, 0.3) is 0 Å². The van der Waals surface area contributed by atoms with Crippen molar-refractivity contribution >= 4 is 35.0 Å². The van der Waals surface area contributed by atoms with Gasteiger partial charge in [0.1, 0.15) is 11.8 Å². The number of carbonyl (C=O) groups is 2. The van der Waals surface area contributed by atoms with E-state index in [1.54, 1.807) is 4.90 Å². The van der Waals surface area contributed by atoms with Crippen LogP contribution in [-0.4, -0.2) is 48.1 Å². The zero-order valence-corrected chi connectivity index (χ0v) is 9.57. The summed E-state index contributed by atoms with van der Waals surface area (Å²) in [6.45, 7) is 3.31. The molecule has 0 aromatic carbocycles. The molecule has 0 aromatic heterocycles. The normalized spacial score (nSPS) is 9.64. The van der Waals surface area contributed by atoms with Crippen molar-refractivity contribution in [3.05, 3.63) is 0 Å². The van der Waals surface area contributed by atoms with Gasteiger partial charge in [0.05, 0.1) is 0 Å². The molecule has 0 saturated carbocycles. The van der Waals surface area contributed by atoms with Crippen molar-refractivity contribution in [2.75, 3.05) is 31.4 Å². The minimum atomic E-state index is -0.235. The van der Waals surface area contributed by atoms with Crippen LogP contribution in [0.3, 0.4) is 0 Å². The van der Waals surface area contributed by atoms with Crippen LogP contribution in [0.15, 0.2) is 0 Å². The first-order valence-electron chi connectivity index (χ1n) is 4.32. The molecule has 0 aromatic rings.